The Morgan fingerprint density at radius 3 is 2.68 bits per heavy atom. The Morgan fingerprint density at radius 2 is 1.96 bits per heavy atom. The second kappa shape index (κ2) is 6.81. The molecule has 0 aliphatic rings. The van der Waals surface area contributed by atoms with Crippen molar-refractivity contribution in [3.05, 3.63) is 87.9 Å². The van der Waals surface area contributed by atoms with Crippen LogP contribution in [0.3, 0.4) is 0 Å². The number of furan rings is 1. The number of halogens is 1. The molecule has 0 amide bonds. The van der Waals surface area contributed by atoms with E-state index in [9.17, 15) is 19.8 Å². The van der Waals surface area contributed by atoms with E-state index in [4.69, 9.17) is 4.42 Å². The highest BCUT2D eigenvalue weighted by atomic mass is 19.1. The normalized spacial score (nSPS) is 11.1. The van der Waals surface area contributed by atoms with Crippen LogP contribution in [0.5, 0.6) is 0 Å². The zero-order valence-corrected chi connectivity index (χ0v) is 12.8. The third-order valence-electron chi connectivity index (χ3n) is 3.54. The fraction of sp³-hybridized carbons (Fsp3) is 0. The molecule has 1 aromatic heterocycles. The van der Waals surface area contributed by atoms with Gasteiger partial charge < -0.3 is 4.42 Å². The summed E-state index contributed by atoms with van der Waals surface area (Å²) in [7, 11) is 0. The summed E-state index contributed by atoms with van der Waals surface area (Å²) in [6.45, 7) is 0. The number of hydrogen-bond donors (Lipinski definition) is 0. The summed E-state index contributed by atoms with van der Waals surface area (Å²) >= 11 is 0. The Morgan fingerprint density at radius 1 is 1.16 bits per heavy atom. The number of rotatable bonds is 4. The molecule has 0 radical (unpaired) electrons. The van der Waals surface area contributed by atoms with Crippen LogP contribution in [-0.2, 0) is 0 Å². The molecule has 0 atom stereocenters. The molecular weight excluding hydrogens is 323 g/mol. The minimum absolute atomic E-state index is 0.0713. The van der Waals surface area contributed by atoms with Crippen LogP contribution in [0.1, 0.15) is 11.3 Å². The minimum Gasteiger partial charge on any atom is -0.456 e. The van der Waals surface area contributed by atoms with Gasteiger partial charge in [-0.1, -0.05) is 24.3 Å². The van der Waals surface area contributed by atoms with Crippen molar-refractivity contribution in [1.29, 1.82) is 5.26 Å². The number of nitro groups is 1. The van der Waals surface area contributed by atoms with E-state index < -0.39 is 10.7 Å². The van der Waals surface area contributed by atoms with E-state index in [0.717, 1.165) is 0 Å². The maximum atomic E-state index is 13.3. The van der Waals surface area contributed by atoms with Gasteiger partial charge in [0.25, 0.3) is 5.69 Å². The van der Waals surface area contributed by atoms with E-state index in [2.05, 4.69) is 0 Å². The average molecular weight is 334 g/mol. The van der Waals surface area contributed by atoms with Gasteiger partial charge >= 0.3 is 0 Å². The summed E-state index contributed by atoms with van der Waals surface area (Å²) in [6.07, 6.45) is 1.47. The molecule has 1 heterocycles. The van der Waals surface area contributed by atoms with Crippen molar-refractivity contribution in [2.75, 3.05) is 0 Å². The quantitative estimate of drug-likeness (QED) is 0.379. The molecule has 0 aliphatic heterocycles. The monoisotopic (exact) mass is 334 g/mol. The molecule has 0 N–H and O–H groups in total. The maximum absolute atomic E-state index is 13.3. The third kappa shape index (κ3) is 3.46. The number of nitro benzene ring substituents is 1. The van der Waals surface area contributed by atoms with E-state index in [0.29, 0.717) is 22.6 Å². The molecule has 0 bridgehead atoms. The average Bonchev–Trinajstić information content (AvgIpc) is 3.08. The molecule has 0 saturated carbocycles. The Kier molecular flexibility index (Phi) is 4.40. The predicted molar refractivity (Wildman–Crippen MR) is 90.7 cm³/mol. The lowest BCUT2D eigenvalue weighted by molar-refractivity contribution is -0.384. The van der Waals surface area contributed by atoms with Crippen molar-refractivity contribution < 1.29 is 13.7 Å². The van der Waals surface area contributed by atoms with Crippen molar-refractivity contribution in [1.82, 2.24) is 0 Å². The lowest BCUT2D eigenvalue weighted by Crippen LogP contribution is -1.90. The van der Waals surface area contributed by atoms with Gasteiger partial charge in [-0.3, -0.25) is 10.1 Å². The fourth-order valence-electron chi connectivity index (χ4n) is 2.39. The highest BCUT2D eigenvalue weighted by Crippen LogP contribution is 2.31. The molecule has 0 aliphatic carbocycles. The van der Waals surface area contributed by atoms with Crippen molar-refractivity contribution in [3.8, 4) is 17.4 Å². The van der Waals surface area contributed by atoms with Crippen LogP contribution in [-0.4, -0.2) is 4.92 Å². The standard InChI is InChI=1S/C19H11FN2O3/c20-15-5-3-4-13(10-15)14(12-21)11-16-8-9-19(25-16)17-6-1-2-7-18(17)22(23)24/h1-11H. The molecule has 6 heteroatoms. The lowest BCUT2D eigenvalue weighted by Gasteiger charge is -2.00. The van der Waals surface area contributed by atoms with Crippen LogP contribution >= 0.6 is 0 Å². The molecule has 0 unspecified atom stereocenters. The van der Waals surface area contributed by atoms with Gasteiger partial charge in [-0.05, 0) is 42.0 Å². The maximum Gasteiger partial charge on any atom is 0.280 e. The van der Waals surface area contributed by atoms with Crippen molar-refractivity contribution in [2.45, 2.75) is 0 Å². The largest absolute Gasteiger partial charge is 0.456 e. The van der Waals surface area contributed by atoms with E-state index >= 15 is 0 Å². The van der Waals surface area contributed by atoms with Crippen LogP contribution in [0, 0.1) is 27.3 Å². The van der Waals surface area contributed by atoms with Gasteiger partial charge in [0.05, 0.1) is 22.1 Å². The molecule has 0 fully saturated rings. The summed E-state index contributed by atoms with van der Waals surface area (Å²) in [5.74, 6) is 0.211. The van der Waals surface area contributed by atoms with Gasteiger partial charge in [-0.15, -0.1) is 0 Å². The van der Waals surface area contributed by atoms with Gasteiger partial charge in [0.1, 0.15) is 17.3 Å². The van der Waals surface area contributed by atoms with E-state index in [1.165, 1.54) is 30.3 Å². The summed E-state index contributed by atoms with van der Waals surface area (Å²) in [4.78, 5) is 10.6. The first kappa shape index (κ1) is 16.1. The van der Waals surface area contributed by atoms with Crippen LogP contribution in [0.15, 0.2) is 65.1 Å². The Balaban J connectivity index is 1.99. The number of para-hydroxylation sites is 1. The molecule has 0 spiro atoms. The Hall–Kier alpha value is -3.72. The second-order valence-corrected chi connectivity index (χ2v) is 5.16. The number of hydrogen-bond acceptors (Lipinski definition) is 4. The van der Waals surface area contributed by atoms with Crippen LogP contribution in [0.4, 0.5) is 10.1 Å². The topological polar surface area (TPSA) is 80.1 Å². The summed E-state index contributed by atoms with van der Waals surface area (Å²) in [5, 5.41) is 20.4. The Bertz CT molecular complexity index is 1020. The fourth-order valence-corrected chi connectivity index (χ4v) is 2.39. The summed E-state index contributed by atoms with van der Waals surface area (Å²) < 4.78 is 18.9. The first-order valence-electron chi connectivity index (χ1n) is 7.30. The highest BCUT2D eigenvalue weighted by molar-refractivity contribution is 5.89. The first-order chi connectivity index (χ1) is 12.1. The zero-order chi connectivity index (χ0) is 17.8. The highest BCUT2D eigenvalue weighted by Gasteiger charge is 2.17. The SMILES string of the molecule is N#CC(=Cc1ccc(-c2ccccc2[N+](=O)[O-])o1)c1cccc(F)c1. The van der Waals surface area contributed by atoms with Crippen LogP contribution < -0.4 is 0 Å². The van der Waals surface area contributed by atoms with Crippen molar-refractivity contribution in [3.63, 3.8) is 0 Å². The number of allylic oxidation sites excluding steroid dienone is 1. The van der Waals surface area contributed by atoms with Crippen LogP contribution in [0.2, 0.25) is 0 Å². The third-order valence-corrected chi connectivity index (χ3v) is 3.54. The van der Waals surface area contributed by atoms with Gasteiger partial charge in [0, 0.05) is 6.07 Å². The molecular formula is C19H11FN2O3. The van der Waals surface area contributed by atoms with E-state index in [1.807, 2.05) is 6.07 Å². The van der Waals surface area contributed by atoms with Gasteiger partial charge in [0.2, 0.25) is 0 Å². The molecule has 5 nitrogen and oxygen atoms in total. The molecule has 3 aromatic rings. The molecule has 0 saturated heterocycles. The Labute approximate surface area is 142 Å². The van der Waals surface area contributed by atoms with Crippen molar-refractivity contribution in [2.24, 2.45) is 0 Å². The second-order valence-electron chi connectivity index (χ2n) is 5.16. The smallest absolute Gasteiger partial charge is 0.280 e. The van der Waals surface area contributed by atoms with Gasteiger partial charge in [-0.2, -0.15) is 5.26 Å². The number of nitriles is 1. The van der Waals surface area contributed by atoms with Crippen molar-refractivity contribution >= 4 is 17.3 Å². The van der Waals surface area contributed by atoms with Gasteiger partial charge in [-0.25, -0.2) is 4.39 Å². The summed E-state index contributed by atoms with van der Waals surface area (Å²) in [5.41, 5.74) is 0.920. The molecule has 2 aromatic carbocycles. The van der Waals surface area contributed by atoms with E-state index in [-0.39, 0.29) is 11.3 Å². The molecule has 122 valence electrons. The molecule has 25 heavy (non-hydrogen) atoms. The van der Waals surface area contributed by atoms with Gasteiger partial charge in [0.15, 0.2) is 0 Å². The van der Waals surface area contributed by atoms with Crippen LogP contribution in [0.25, 0.3) is 23.0 Å². The lowest BCUT2D eigenvalue weighted by atomic mass is 10.1. The van der Waals surface area contributed by atoms with E-state index in [1.54, 1.807) is 36.4 Å². The predicted octanol–water partition coefficient (Wildman–Crippen LogP) is 5.06. The first-order valence-corrected chi connectivity index (χ1v) is 7.30. The zero-order valence-electron chi connectivity index (χ0n) is 12.8. The summed E-state index contributed by atoms with van der Waals surface area (Å²) in [6, 6.07) is 17.1. The number of nitrogens with zero attached hydrogens (tertiary/aromatic N) is 2. The minimum atomic E-state index is -0.485. The molecule has 3 rings (SSSR count). The number of benzene rings is 2.